The van der Waals surface area contributed by atoms with E-state index < -0.39 is 12.1 Å². The molecule has 2 atom stereocenters. The first-order valence-electron chi connectivity index (χ1n) is 39.4. The molecule has 0 bridgehead atoms. The summed E-state index contributed by atoms with van der Waals surface area (Å²) in [6, 6.07) is -0.540. The van der Waals surface area contributed by atoms with Crippen LogP contribution in [0.15, 0.2) is 12.2 Å². The molecule has 85 heavy (non-hydrogen) atoms. The van der Waals surface area contributed by atoms with Gasteiger partial charge in [0, 0.05) is 12.8 Å². The molecule has 506 valence electrons. The molecule has 0 aromatic rings. The Bertz CT molecular complexity index is 1290. The summed E-state index contributed by atoms with van der Waals surface area (Å²) < 4.78 is 5.50. The number of rotatable bonds is 75. The summed E-state index contributed by atoms with van der Waals surface area (Å²) in [6.45, 7) is 5.00. The minimum atomic E-state index is -0.663. The number of ether oxygens (including phenoxy) is 1. The minimum Gasteiger partial charge on any atom is -0.466 e. The van der Waals surface area contributed by atoms with Crippen molar-refractivity contribution in [3.63, 3.8) is 0 Å². The second kappa shape index (κ2) is 75.1. The highest BCUT2D eigenvalue weighted by molar-refractivity contribution is 5.76. The highest BCUT2D eigenvalue weighted by Gasteiger charge is 2.20. The van der Waals surface area contributed by atoms with Crippen LogP contribution in [-0.2, 0) is 14.3 Å². The van der Waals surface area contributed by atoms with Crippen molar-refractivity contribution < 1.29 is 24.5 Å². The number of aliphatic hydroxyl groups excluding tert-OH is 2. The van der Waals surface area contributed by atoms with E-state index >= 15 is 0 Å². The maximum absolute atomic E-state index is 12.6. The zero-order valence-corrected chi connectivity index (χ0v) is 58.1. The molecule has 0 heterocycles. The van der Waals surface area contributed by atoms with Crippen LogP contribution in [0.1, 0.15) is 457 Å². The van der Waals surface area contributed by atoms with Crippen LogP contribution in [0, 0.1) is 0 Å². The Balaban J connectivity index is 3.34. The van der Waals surface area contributed by atoms with Crippen LogP contribution in [0.5, 0.6) is 0 Å². The molecule has 0 saturated heterocycles. The van der Waals surface area contributed by atoms with Gasteiger partial charge in [-0.25, -0.2) is 0 Å². The maximum atomic E-state index is 12.6. The predicted octanol–water partition coefficient (Wildman–Crippen LogP) is 25.9. The summed E-state index contributed by atoms with van der Waals surface area (Å²) in [4.78, 5) is 24.7. The van der Waals surface area contributed by atoms with Gasteiger partial charge in [-0.1, -0.05) is 405 Å². The standard InChI is InChI=1S/C79H155NO5/c1-3-5-7-9-11-13-15-17-19-20-21-22-23-31-34-37-40-44-47-51-55-59-63-67-71-77(82)76(75-81)80-78(83)72-68-64-60-56-52-48-45-41-38-35-32-29-27-25-24-26-28-30-33-36-39-42-46-50-54-58-62-66-70-74-85-79(84)73-69-65-61-57-53-49-43-18-16-14-12-10-8-6-4-2/h18,43,76-77,81-82H,3-17,19-42,44-75H2,1-2H3,(H,80,83)/b43-18-. The van der Waals surface area contributed by atoms with E-state index in [9.17, 15) is 19.8 Å². The summed E-state index contributed by atoms with van der Waals surface area (Å²) in [6.07, 6.45) is 94.4. The number of unbranched alkanes of at least 4 members (excludes halogenated alkanes) is 62. The average molecular weight is 1200 g/mol. The SMILES string of the molecule is CCCCCCCC/C=C\CCCCCCCC(=O)OCCCCCCCCCCCCCCCCCCCCCCCCCCCCCCCC(=O)NC(CO)C(O)CCCCCCCCCCCCCCCCCCCCCCCCCC. The number of nitrogens with one attached hydrogen (secondary N) is 1. The molecule has 0 aliphatic rings. The molecule has 0 spiro atoms. The molecule has 0 fully saturated rings. The van der Waals surface area contributed by atoms with Crippen LogP contribution in [0.3, 0.4) is 0 Å². The van der Waals surface area contributed by atoms with E-state index in [1.165, 1.54) is 379 Å². The van der Waals surface area contributed by atoms with E-state index in [-0.39, 0.29) is 18.5 Å². The van der Waals surface area contributed by atoms with Crippen molar-refractivity contribution in [2.75, 3.05) is 13.2 Å². The first kappa shape index (κ1) is 83.6. The Morgan fingerprint density at radius 3 is 0.835 bits per heavy atom. The van der Waals surface area contributed by atoms with Gasteiger partial charge in [0.05, 0.1) is 25.4 Å². The zero-order valence-electron chi connectivity index (χ0n) is 58.1. The van der Waals surface area contributed by atoms with Crippen molar-refractivity contribution in [2.45, 2.75) is 469 Å². The Hall–Kier alpha value is -1.40. The highest BCUT2D eigenvalue weighted by atomic mass is 16.5. The normalized spacial score (nSPS) is 12.5. The topological polar surface area (TPSA) is 95.9 Å². The third-order valence-corrected chi connectivity index (χ3v) is 18.8. The fourth-order valence-corrected chi connectivity index (χ4v) is 12.8. The van der Waals surface area contributed by atoms with Gasteiger partial charge >= 0.3 is 5.97 Å². The summed E-state index contributed by atoms with van der Waals surface area (Å²) in [5.41, 5.74) is 0. The third kappa shape index (κ3) is 71.6. The fourth-order valence-electron chi connectivity index (χ4n) is 12.8. The van der Waals surface area contributed by atoms with Gasteiger partial charge in [-0.15, -0.1) is 0 Å². The highest BCUT2D eigenvalue weighted by Crippen LogP contribution is 2.20. The van der Waals surface area contributed by atoms with E-state index in [1.807, 2.05) is 0 Å². The molecule has 0 saturated carbocycles. The molecule has 0 rings (SSSR count). The Kier molecular flexibility index (Phi) is 73.8. The van der Waals surface area contributed by atoms with Crippen LogP contribution < -0.4 is 5.32 Å². The number of allylic oxidation sites excluding steroid dienone is 2. The summed E-state index contributed by atoms with van der Waals surface area (Å²) >= 11 is 0. The average Bonchev–Trinajstić information content (AvgIpc) is 3.51. The Morgan fingerprint density at radius 1 is 0.318 bits per heavy atom. The quantitative estimate of drug-likeness (QED) is 0.0320. The monoisotopic (exact) mass is 1200 g/mol. The zero-order chi connectivity index (χ0) is 61.3. The van der Waals surface area contributed by atoms with Crippen molar-refractivity contribution in [1.82, 2.24) is 5.32 Å². The Labute approximate surface area is 533 Å². The molecular weight excluding hydrogens is 1040 g/mol. The number of hydrogen-bond donors (Lipinski definition) is 3. The number of esters is 1. The summed E-state index contributed by atoms with van der Waals surface area (Å²) in [7, 11) is 0. The molecule has 6 heteroatoms. The van der Waals surface area contributed by atoms with E-state index in [0.717, 1.165) is 44.9 Å². The van der Waals surface area contributed by atoms with Gasteiger partial charge in [0.2, 0.25) is 5.91 Å². The van der Waals surface area contributed by atoms with Gasteiger partial charge in [0.15, 0.2) is 0 Å². The molecule has 2 unspecified atom stereocenters. The lowest BCUT2D eigenvalue weighted by atomic mass is 10.0. The van der Waals surface area contributed by atoms with E-state index in [2.05, 4.69) is 31.3 Å². The van der Waals surface area contributed by atoms with Crippen molar-refractivity contribution in [3.8, 4) is 0 Å². The molecule has 0 aliphatic heterocycles. The van der Waals surface area contributed by atoms with E-state index in [1.54, 1.807) is 0 Å². The number of aliphatic hydroxyl groups is 2. The largest absolute Gasteiger partial charge is 0.466 e. The van der Waals surface area contributed by atoms with E-state index in [4.69, 9.17) is 4.74 Å². The molecule has 0 aromatic carbocycles. The van der Waals surface area contributed by atoms with Crippen molar-refractivity contribution in [3.05, 3.63) is 12.2 Å². The molecule has 3 N–H and O–H groups in total. The first-order chi connectivity index (χ1) is 42.0. The van der Waals surface area contributed by atoms with Crippen molar-refractivity contribution >= 4 is 11.9 Å². The van der Waals surface area contributed by atoms with Crippen molar-refractivity contribution in [2.24, 2.45) is 0 Å². The minimum absolute atomic E-state index is 0.0129. The number of carbonyl (C=O) groups is 2. The predicted molar refractivity (Wildman–Crippen MR) is 375 cm³/mol. The number of hydrogen-bond acceptors (Lipinski definition) is 5. The van der Waals surface area contributed by atoms with Gasteiger partial charge < -0.3 is 20.3 Å². The van der Waals surface area contributed by atoms with E-state index in [0.29, 0.717) is 25.9 Å². The maximum Gasteiger partial charge on any atom is 0.305 e. The van der Waals surface area contributed by atoms with Crippen LogP contribution in [0.25, 0.3) is 0 Å². The van der Waals surface area contributed by atoms with Crippen LogP contribution >= 0.6 is 0 Å². The fraction of sp³-hybridized carbons (Fsp3) is 0.949. The smallest absolute Gasteiger partial charge is 0.305 e. The lowest BCUT2D eigenvalue weighted by Crippen LogP contribution is -2.45. The van der Waals surface area contributed by atoms with Crippen LogP contribution in [0.4, 0.5) is 0 Å². The molecule has 0 aromatic heterocycles. The van der Waals surface area contributed by atoms with Gasteiger partial charge in [0.1, 0.15) is 0 Å². The third-order valence-electron chi connectivity index (χ3n) is 18.8. The van der Waals surface area contributed by atoms with Crippen molar-refractivity contribution in [1.29, 1.82) is 0 Å². The summed E-state index contributed by atoms with van der Waals surface area (Å²) in [5, 5.41) is 23.5. The molecule has 1 amide bonds. The second-order valence-electron chi connectivity index (χ2n) is 27.4. The second-order valence-corrected chi connectivity index (χ2v) is 27.4. The lowest BCUT2D eigenvalue weighted by molar-refractivity contribution is -0.143. The van der Waals surface area contributed by atoms with Gasteiger partial charge in [-0.05, 0) is 51.4 Å². The van der Waals surface area contributed by atoms with Gasteiger partial charge in [-0.3, -0.25) is 9.59 Å². The Morgan fingerprint density at radius 2 is 0.553 bits per heavy atom. The summed E-state index contributed by atoms with van der Waals surface area (Å²) in [5.74, 6) is -0.0124. The molecule has 0 aliphatic carbocycles. The van der Waals surface area contributed by atoms with Gasteiger partial charge in [0.25, 0.3) is 0 Å². The molecular formula is C79H155NO5. The number of carbonyl (C=O) groups excluding carboxylic acids is 2. The van der Waals surface area contributed by atoms with Crippen LogP contribution in [0.2, 0.25) is 0 Å². The molecule has 6 nitrogen and oxygen atoms in total. The first-order valence-corrected chi connectivity index (χ1v) is 39.4. The number of amides is 1. The molecule has 0 radical (unpaired) electrons. The van der Waals surface area contributed by atoms with Gasteiger partial charge in [-0.2, -0.15) is 0 Å². The van der Waals surface area contributed by atoms with Crippen LogP contribution in [-0.4, -0.2) is 47.4 Å². The lowest BCUT2D eigenvalue weighted by Gasteiger charge is -2.22.